The van der Waals surface area contributed by atoms with Gasteiger partial charge in [0.1, 0.15) is 0 Å². The summed E-state index contributed by atoms with van der Waals surface area (Å²) in [5, 5.41) is 0. The van der Waals surface area contributed by atoms with Gasteiger partial charge in [-0.1, -0.05) is 13.8 Å². The van der Waals surface area contributed by atoms with Gasteiger partial charge in [-0.2, -0.15) is 0 Å². The van der Waals surface area contributed by atoms with Crippen LogP contribution in [-0.2, 0) is 19.1 Å². The van der Waals surface area contributed by atoms with Crippen LogP contribution in [0.25, 0.3) is 0 Å². The van der Waals surface area contributed by atoms with Gasteiger partial charge in [-0.15, -0.1) is 0 Å². The molecule has 0 bridgehead atoms. The smallest absolute Gasteiger partial charge is 0.331 e. The van der Waals surface area contributed by atoms with Crippen LogP contribution in [0.2, 0.25) is 0 Å². The molecule has 0 N–H and O–H groups in total. The number of carbonyl (C=O) groups is 2. The molecule has 5 nitrogen and oxygen atoms in total. The number of esters is 1. The van der Waals surface area contributed by atoms with E-state index in [0.29, 0.717) is 13.2 Å². The first-order valence-electron chi connectivity index (χ1n) is 5.57. The monoisotopic (exact) mass is 229 g/mol. The highest BCUT2D eigenvalue weighted by Crippen LogP contribution is 2.14. The number of amides is 1. The van der Waals surface area contributed by atoms with E-state index in [0.717, 1.165) is 6.42 Å². The molecular weight excluding hydrogens is 210 g/mol. The van der Waals surface area contributed by atoms with E-state index in [1.807, 2.05) is 13.8 Å². The van der Waals surface area contributed by atoms with Crippen molar-refractivity contribution in [3.63, 3.8) is 0 Å². The molecule has 0 aromatic rings. The summed E-state index contributed by atoms with van der Waals surface area (Å²) in [6.45, 7) is 5.00. The summed E-state index contributed by atoms with van der Waals surface area (Å²) in [6, 6.07) is -0.583. The Kier molecular flexibility index (Phi) is 4.73. The van der Waals surface area contributed by atoms with Crippen molar-refractivity contribution in [3.05, 3.63) is 0 Å². The van der Waals surface area contributed by atoms with Crippen LogP contribution in [0, 0.1) is 5.92 Å². The predicted molar refractivity (Wildman–Crippen MR) is 57.8 cm³/mol. The van der Waals surface area contributed by atoms with E-state index in [-0.39, 0.29) is 18.4 Å². The molecule has 0 aromatic heterocycles. The fraction of sp³-hybridized carbons (Fsp3) is 0.818. The molecular formula is C11H19NO4. The number of nitrogens with zero attached hydrogens (tertiary/aromatic N) is 1. The van der Waals surface area contributed by atoms with E-state index in [1.165, 1.54) is 7.11 Å². The highest BCUT2D eigenvalue weighted by atomic mass is 16.5. The number of rotatable bonds is 3. The summed E-state index contributed by atoms with van der Waals surface area (Å²) in [6.07, 6.45) is 0.768. The molecule has 0 spiro atoms. The van der Waals surface area contributed by atoms with Gasteiger partial charge in [-0.3, -0.25) is 4.79 Å². The lowest BCUT2D eigenvalue weighted by atomic mass is 10.1. The molecule has 0 radical (unpaired) electrons. The topological polar surface area (TPSA) is 55.8 Å². The van der Waals surface area contributed by atoms with Crippen molar-refractivity contribution in [1.82, 2.24) is 4.90 Å². The van der Waals surface area contributed by atoms with Gasteiger partial charge >= 0.3 is 5.97 Å². The zero-order valence-corrected chi connectivity index (χ0v) is 10.1. The summed E-state index contributed by atoms with van der Waals surface area (Å²) < 4.78 is 9.87. The van der Waals surface area contributed by atoms with Crippen LogP contribution in [0.4, 0.5) is 0 Å². The third-order valence-electron chi connectivity index (χ3n) is 2.92. The van der Waals surface area contributed by atoms with E-state index in [4.69, 9.17) is 4.74 Å². The number of morpholine rings is 1. The normalized spacial score (nSPS) is 22.7. The minimum atomic E-state index is -0.583. The van der Waals surface area contributed by atoms with Gasteiger partial charge in [-0.25, -0.2) is 4.79 Å². The number of hydrogen-bond acceptors (Lipinski definition) is 4. The average Bonchev–Trinajstić information content (AvgIpc) is 2.35. The molecule has 5 heteroatoms. The highest BCUT2D eigenvalue weighted by Gasteiger charge is 2.34. The fourth-order valence-electron chi connectivity index (χ4n) is 1.66. The van der Waals surface area contributed by atoms with Crippen LogP contribution < -0.4 is 0 Å². The Labute approximate surface area is 95.7 Å². The SMILES string of the molecule is CCC(C)C(=O)N1CCOCC1C(=O)OC. The first kappa shape index (κ1) is 13.0. The lowest BCUT2D eigenvalue weighted by Gasteiger charge is -2.35. The third-order valence-corrected chi connectivity index (χ3v) is 2.92. The summed E-state index contributed by atoms with van der Waals surface area (Å²) in [5.41, 5.74) is 0. The quantitative estimate of drug-likeness (QED) is 0.659. The van der Waals surface area contributed by atoms with Crippen molar-refractivity contribution < 1.29 is 19.1 Å². The average molecular weight is 229 g/mol. The van der Waals surface area contributed by atoms with Gasteiger partial charge in [0.15, 0.2) is 6.04 Å². The van der Waals surface area contributed by atoms with Gasteiger partial charge in [0.05, 0.1) is 20.3 Å². The second-order valence-electron chi connectivity index (χ2n) is 3.95. The summed E-state index contributed by atoms with van der Waals surface area (Å²) >= 11 is 0. The van der Waals surface area contributed by atoms with Gasteiger partial charge in [-0.05, 0) is 6.42 Å². The standard InChI is InChI=1S/C11H19NO4/c1-4-8(2)10(13)12-5-6-16-7-9(12)11(14)15-3/h8-9H,4-7H2,1-3H3. The van der Waals surface area contributed by atoms with Crippen LogP contribution in [0.5, 0.6) is 0 Å². The second kappa shape index (κ2) is 5.84. The maximum atomic E-state index is 12.0. The third kappa shape index (κ3) is 2.72. The Morgan fingerprint density at radius 1 is 1.56 bits per heavy atom. The molecule has 0 aliphatic carbocycles. The Morgan fingerprint density at radius 3 is 2.81 bits per heavy atom. The van der Waals surface area contributed by atoms with Gasteiger partial charge in [0.25, 0.3) is 0 Å². The van der Waals surface area contributed by atoms with Crippen molar-refractivity contribution in [2.45, 2.75) is 26.3 Å². The van der Waals surface area contributed by atoms with Crippen molar-refractivity contribution in [2.24, 2.45) is 5.92 Å². The second-order valence-corrected chi connectivity index (χ2v) is 3.95. The minimum Gasteiger partial charge on any atom is -0.467 e. The minimum absolute atomic E-state index is 0.00111. The van der Waals surface area contributed by atoms with Crippen molar-refractivity contribution >= 4 is 11.9 Å². The van der Waals surface area contributed by atoms with Crippen molar-refractivity contribution in [1.29, 1.82) is 0 Å². The van der Waals surface area contributed by atoms with Gasteiger partial charge in [0, 0.05) is 12.5 Å². The van der Waals surface area contributed by atoms with E-state index in [9.17, 15) is 9.59 Å². The van der Waals surface area contributed by atoms with E-state index in [2.05, 4.69) is 4.74 Å². The Morgan fingerprint density at radius 2 is 2.25 bits per heavy atom. The Bertz CT molecular complexity index is 267. The molecule has 1 saturated heterocycles. The molecule has 1 heterocycles. The zero-order valence-electron chi connectivity index (χ0n) is 10.1. The molecule has 1 fully saturated rings. The first-order chi connectivity index (χ1) is 7.61. The maximum Gasteiger partial charge on any atom is 0.331 e. The van der Waals surface area contributed by atoms with E-state index in [1.54, 1.807) is 4.90 Å². The summed E-state index contributed by atoms with van der Waals surface area (Å²) in [5.74, 6) is -0.470. The fourth-order valence-corrected chi connectivity index (χ4v) is 1.66. The molecule has 1 aliphatic rings. The Hall–Kier alpha value is -1.10. The molecule has 1 aliphatic heterocycles. The molecule has 2 unspecified atom stereocenters. The number of ether oxygens (including phenoxy) is 2. The van der Waals surface area contributed by atoms with Crippen LogP contribution in [0.1, 0.15) is 20.3 Å². The molecule has 16 heavy (non-hydrogen) atoms. The zero-order chi connectivity index (χ0) is 12.1. The van der Waals surface area contributed by atoms with Crippen LogP contribution >= 0.6 is 0 Å². The van der Waals surface area contributed by atoms with E-state index >= 15 is 0 Å². The molecule has 1 rings (SSSR count). The van der Waals surface area contributed by atoms with Crippen LogP contribution in [0.15, 0.2) is 0 Å². The van der Waals surface area contributed by atoms with Gasteiger partial charge in [0.2, 0.25) is 5.91 Å². The van der Waals surface area contributed by atoms with Gasteiger partial charge < -0.3 is 14.4 Å². The molecule has 1 amide bonds. The lowest BCUT2D eigenvalue weighted by molar-refractivity contribution is -0.162. The van der Waals surface area contributed by atoms with E-state index < -0.39 is 12.0 Å². The van der Waals surface area contributed by atoms with Crippen LogP contribution in [0.3, 0.4) is 0 Å². The Balaban J connectivity index is 2.73. The van der Waals surface area contributed by atoms with Crippen LogP contribution in [-0.4, -0.2) is 49.7 Å². The lowest BCUT2D eigenvalue weighted by Crippen LogP contribution is -2.54. The predicted octanol–water partition coefficient (Wildman–Crippen LogP) is 0.433. The first-order valence-corrected chi connectivity index (χ1v) is 5.57. The molecule has 2 atom stereocenters. The molecule has 92 valence electrons. The molecule has 0 aromatic carbocycles. The summed E-state index contributed by atoms with van der Waals surface area (Å²) in [7, 11) is 1.32. The number of methoxy groups -OCH3 is 1. The van der Waals surface area contributed by atoms with Crippen molar-refractivity contribution in [2.75, 3.05) is 26.9 Å². The number of hydrogen-bond donors (Lipinski definition) is 0. The number of carbonyl (C=O) groups excluding carboxylic acids is 2. The molecule has 0 saturated carbocycles. The van der Waals surface area contributed by atoms with Crippen molar-refractivity contribution in [3.8, 4) is 0 Å². The largest absolute Gasteiger partial charge is 0.467 e. The highest BCUT2D eigenvalue weighted by molar-refractivity contribution is 5.85. The maximum absolute atomic E-state index is 12.0. The summed E-state index contributed by atoms with van der Waals surface area (Å²) in [4.78, 5) is 25.1.